The molecule has 2 atom stereocenters. The maximum atomic E-state index is 14.5. The highest BCUT2D eigenvalue weighted by atomic mass is 79.9. The molecule has 2 aliphatic rings. The maximum absolute atomic E-state index is 14.5. The van der Waals surface area contributed by atoms with Crippen molar-refractivity contribution in [2.45, 2.75) is 5.92 Å². The number of allylic oxidation sites excluding steroid dienone is 2. The zero-order valence-corrected chi connectivity index (χ0v) is 14.6. The molecule has 1 aliphatic carbocycles. The topological polar surface area (TPSA) is 109 Å². The predicted octanol–water partition coefficient (Wildman–Crippen LogP) is 2.60. The fourth-order valence-electron chi connectivity index (χ4n) is 3.67. The van der Waals surface area contributed by atoms with Gasteiger partial charge in [-0.25, -0.2) is 4.39 Å². The van der Waals surface area contributed by atoms with E-state index in [1.165, 1.54) is 6.07 Å². The van der Waals surface area contributed by atoms with Gasteiger partial charge in [-0.1, -0.05) is 22.0 Å². The Morgan fingerprint density at radius 3 is 2.64 bits per heavy atom. The Hall–Kier alpha value is -2.66. The number of nitrogens with one attached hydrogen (secondary N) is 1. The number of nitrogens with zero attached hydrogens (tertiary/aromatic N) is 3. The van der Waals surface area contributed by atoms with Crippen molar-refractivity contribution in [1.82, 2.24) is 5.32 Å². The van der Waals surface area contributed by atoms with Gasteiger partial charge in [0.15, 0.2) is 0 Å². The quantitative estimate of drug-likeness (QED) is 0.707. The number of hydrogen-bond acceptors (Lipinski definition) is 5. The van der Waals surface area contributed by atoms with E-state index in [0.29, 0.717) is 28.7 Å². The molecule has 3 rings (SSSR count). The first-order chi connectivity index (χ1) is 12.0. The van der Waals surface area contributed by atoms with Crippen LogP contribution in [0.5, 0.6) is 0 Å². The lowest BCUT2D eigenvalue weighted by atomic mass is 9.60. The van der Waals surface area contributed by atoms with Gasteiger partial charge in [0.1, 0.15) is 5.82 Å². The van der Waals surface area contributed by atoms with E-state index in [4.69, 9.17) is 5.73 Å². The highest BCUT2D eigenvalue weighted by Gasteiger charge is 2.52. The second-order valence-electron chi connectivity index (χ2n) is 5.98. The third-order valence-electron chi connectivity index (χ3n) is 4.82. The third-order valence-corrected chi connectivity index (χ3v) is 5.31. The number of benzene rings is 1. The van der Waals surface area contributed by atoms with Gasteiger partial charge in [0.2, 0.25) is 5.41 Å². The smallest absolute Gasteiger partial charge is 0.204 e. The van der Waals surface area contributed by atoms with Crippen molar-refractivity contribution in [2.24, 2.45) is 17.1 Å². The average molecular weight is 398 g/mol. The molecule has 0 amide bonds. The lowest BCUT2D eigenvalue weighted by molar-refractivity contribution is 0.397. The second-order valence-corrected chi connectivity index (χ2v) is 6.90. The molecular weight excluding hydrogens is 385 g/mol. The summed E-state index contributed by atoms with van der Waals surface area (Å²) in [5.74, 6) is -1.52. The van der Waals surface area contributed by atoms with Crippen LogP contribution in [0.1, 0.15) is 11.5 Å². The van der Waals surface area contributed by atoms with E-state index < -0.39 is 23.1 Å². The van der Waals surface area contributed by atoms with E-state index >= 15 is 0 Å². The zero-order valence-electron chi connectivity index (χ0n) is 13.1. The molecule has 0 bridgehead atoms. The summed E-state index contributed by atoms with van der Waals surface area (Å²) in [4.78, 5) is 0. The summed E-state index contributed by atoms with van der Waals surface area (Å²) in [6.45, 7) is 0.909. The first-order valence-corrected chi connectivity index (χ1v) is 8.38. The van der Waals surface area contributed by atoms with Crippen molar-refractivity contribution in [3.63, 3.8) is 0 Å². The summed E-state index contributed by atoms with van der Waals surface area (Å²) in [6, 6.07) is 10.5. The van der Waals surface area contributed by atoms with E-state index in [2.05, 4.69) is 21.2 Å². The molecule has 7 heteroatoms. The van der Waals surface area contributed by atoms with Crippen LogP contribution in [0, 0.1) is 51.1 Å². The predicted molar refractivity (Wildman–Crippen MR) is 91.8 cm³/mol. The van der Waals surface area contributed by atoms with Crippen LogP contribution >= 0.6 is 15.9 Å². The number of fused-ring (bicyclic) bond motifs is 1. The van der Waals surface area contributed by atoms with Crippen LogP contribution in [0.25, 0.3) is 0 Å². The Balaban J connectivity index is 2.35. The Kier molecular flexibility index (Phi) is 4.35. The summed E-state index contributed by atoms with van der Waals surface area (Å²) in [7, 11) is 0. The minimum Gasteiger partial charge on any atom is -0.399 e. The zero-order chi connectivity index (χ0) is 18.2. The molecule has 0 radical (unpaired) electrons. The largest absolute Gasteiger partial charge is 0.399 e. The first-order valence-electron chi connectivity index (χ1n) is 7.59. The summed E-state index contributed by atoms with van der Waals surface area (Å²) in [5, 5.41) is 32.2. The molecule has 0 spiro atoms. The third kappa shape index (κ3) is 2.43. The average Bonchev–Trinajstić information content (AvgIpc) is 2.63. The molecule has 25 heavy (non-hydrogen) atoms. The highest BCUT2D eigenvalue weighted by molar-refractivity contribution is 9.10. The molecule has 1 aromatic rings. The van der Waals surface area contributed by atoms with Crippen molar-refractivity contribution in [3.05, 3.63) is 57.0 Å². The molecular formula is C18H13BrFN5. The molecule has 5 nitrogen and oxygen atoms in total. The van der Waals surface area contributed by atoms with E-state index in [1.54, 1.807) is 18.2 Å². The van der Waals surface area contributed by atoms with Gasteiger partial charge >= 0.3 is 0 Å². The summed E-state index contributed by atoms with van der Waals surface area (Å²) >= 11 is 3.33. The molecule has 1 aliphatic heterocycles. The van der Waals surface area contributed by atoms with E-state index in [9.17, 15) is 20.2 Å². The SMILES string of the molecule is N#CC1=C(N)C(C#N)(C#N)C2=CCNC[C@H]2[C@@H]1c1cc(Br)ccc1F. The molecule has 1 aromatic carbocycles. The van der Waals surface area contributed by atoms with Crippen molar-refractivity contribution >= 4 is 15.9 Å². The van der Waals surface area contributed by atoms with Crippen LogP contribution in [0.4, 0.5) is 4.39 Å². The maximum Gasteiger partial charge on any atom is 0.204 e. The van der Waals surface area contributed by atoms with Gasteiger partial charge in [-0.3, -0.25) is 0 Å². The fourth-order valence-corrected chi connectivity index (χ4v) is 4.05. The van der Waals surface area contributed by atoms with Crippen LogP contribution in [0.15, 0.2) is 45.6 Å². The molecule has 1 heterocycles. The number of nitriles is 3. The molecule has 0 aromatic heterocycles. The van der Waals surface area contributed by atoms with Crippen LogP contribution in [0.3, 0.4) is 0 Å². The lowest BCUT2D eigenvalue weighted by Gasteiger charge is -2.42. The molecule has 0 unspecified atom stereocenters. The Morgan fingerprint density at radius 1 is 1.28 bits per heavy atom. The number of rotatable bonds is 1. The van der Waals surface area contributed by atoms with Gasteiger partial charge in [-0.05, 0) is 29.3 Å². The summed E-state index contributed by atoms with van der Waals surface area (Å²) < 4.78 is 15.2. The second kappa shape index (κ2) is 6.33. The van der Waals surface area contributed by atoms with E-state index in [0.717, 1.165) is 0 Å². The van der Waals surface area contributed by atoms with Crippen LogP contribution < -0.4 is 11.1 Å². The standard InChI is InChI=1S/C18H13BrFN5/c19-10-1-2-15(20)11(5-10)16-12(6-21)17(24)18(8-22,9-23)14-3-4-25-7-13(14)16/h1-3,5,13,16,25H,4,7,24H2/t13-,16-/m1/s1. The van der Waals surface area contributed by atoms with E-state index in [1.807, 2.05) is 18.2 Å². The number of halogens is 2. The van der Waals surface area contributed by atoms with Gasteiger partial charge in [-0.15, -0.1) is 0 Å². The van der Waals surface area contributed by atoms with Gasteiger partial charge in [-0.2, -0.15) is 15.8 Å². The molecule has 124 valence electrons. The van der Waals surface area contributed by atoms with Gasteiger partial charge in [0.05, 0.1) is 29.5 Å². The van der Waals surface area contributed by atoms with Crippen molar-refractivity contribution in [3.8, 4) is 18.2 Å². The monoisotopic (exact) mass is 397 g/mol. The Morgan fingerprint density at radius 2 is 2.00 bits per heavy atom. The molecule has 3 N–H and O–H groups in total. The summed E-state index contributed by atoms with van der Waals surface area (Å²) in [6.07, 6.45) is 1.75. The minimum atomic E-state index is -1.68. The summed E-state index contributed by atoms with van der Waals surface area (Å²) in [5.41, 5.74) is 5.27. The number of nitrogens with two attached hydrogens (primary N) is 1. The minimum absolute atomic E-state index is 0.0750. The van der Waals surface area contributed by atoms with Crippen molar-refractivity contribution < 1.29 is 4.39 Å². The number of hydrogen-bond donors (Lipinski definition) is 2. The van der Waals surface area contributed by atoms with Crippen molar-refractivity contribution in [2.75, 3.05) is 13.1 Å². The van der Waals surface area contributed by atoms with Crippen LogP contribution in [-0.2, 0) is 0 Å². The Labute approximate surface area is 153 Å². The Bertz CT molecular complexity index is 914. The normalized spacial score (nSPS) is 24.4. The molecule has 0 saturated carbocycles. The molecule has 0 saturated heterocycles. The fraction of sp³-hybridized carbons (Fsp3) is 0.278. The first kappa shape index (κ1) is 17.2. The highest BCUT2D eigenvalue weighted by Crippen LogP contribution is 2.52. The van der Waals surface area contributed by atoms with Crippen LogP contribution in [0.2, 0.25) is 0 Å². The molecule has 0 fully saturated rings. The van der Waals surface area contributed by atoms with E-state index in [-0.39, 0.29) is 11.3 Å². The van der Waals surface area contributed by atoms with Crippen LogP contribution in [-0.4, -0.2) is 13.1 Å². The lowest BCUT2D eigenvalue weighted by Crippen LogP contribution is -2.46. The van der Waals surface area contributed by atoms with Gasteiger partial charge in [0, 0.05) is 29.4 Å². The van der Waals surface area contributed by atoms with Gasteiger partial charge < -0.3 is 11.1 Å². The van der Waals surface area contributed by atoms with Crippen molar-refractivity contribution in [1.29, 1.82) is 15.8 Å². The van der Waals surface area contributed by atoms with Gasteiger partial charge in [0.25, 0.3) is 0 Å².